The summed E-state index contributed by atoms with van der Waals surface area (Å²) in [4.78, 5) is 23.4. The smallest absolute Gasteiger partial charge is 0.273 e. The van der Waals surface area contributed by atoms with Crippen LogP contribution in [-0.4, -0.2) is 45.5 Å². The molecule has 0 radical (unpaired) electrons. The summed E-state index contributed by atoms with van der Waals surface area (Å²) >= 11 is 1.47. The van der Waals surface area contributed by atoms with Crippen LogP contribution in [0.3, 0.4) is 0 Å². The Labute approximate surface area is 140 Å². The number of hydrogen-bond donors (Lipinski definition) is 0. The number of rotatable bonds is 5. The van der Waals surface area contributed by atoms with Crippen LogP contribution in [0.25, 0.3) is 0 Å². The number of amides is 1. The number of piperidine rings is 1. The summed E-state index contributed by atoms with van der Waals surface area (Å²) in [5.41, 5.74) is 0.532. The number of nitrogens with zero attached hydrogens (tertiary/aromatic N) is 4. The van der Waals surface area contributed by atoms with Gasteiger partial charge in [-0.15, -0.1) is 11.3 Å². The Morgan fingerprint density at radius 1 is 1.52 bits per heavy atom. The Morgan fingerprint density at radius 3 is 3.17 bits per heavy atom. The van der Waals surface area contributed by atoms with Crippen molar-refractivity contribution < 1.29 is 9.53 Å². The normalized spacial score (nSPS) is 18.3. The fourth-order valence-corrected chi connectivity index (χ4v) is 3.82. The van der Waals surface area contributed by atoms with Crippen molar-refractivity contribution in [1.82, 2.24) is 19.4 Å². The lowest BCUT2D eigenvalue weighted by atomic mass is 10.0. The Kier molecular flexibility index (Phi) is 5.07. The largest absolute Gasteiger partial charge is 0.378 e. The van der Waals surface area contributed by atoms with Crippen LogP contribution in [0.4, 0.5) is 0 Å². The molecule has 1 saturated heterocycles. The molecule has 6 nitrogen and oxygen atoms in total. The van der Waals surface area contributed by atoms with Crippen LogP contribution in [0, 0.1) is 0 Å². The fraction of sp³-hybridized carbons (Fsp3) is 0.562. The Balaban J connectivity index is 1.71. The molecule has 0 aromatic carbocycles. The van der Waals surface area contributed by atoms with Crippen molar-refractivity contribution >= 4 is 17.2 Å². The highest BCUT2D eigenvalue weighted by Crippen LogP contribution is 2.24. The molecule has 7 heteroatoms. The standard InChI is InChI=1S/C16H22N4O2S/c1-3-14-17-6-8-20(14)12-5-4-7-19(9-12)16(21)13-11-23-15(18-13)10-22-2/h6,8,11-12H,3-5,7,9-10H2,1-2H3/t12-/m0/s1. The highest BCUT2D eigenvalue weighted by molar-refractivity contribution is 7.09. The molecular weight excluding hydrogens is 312 g/mol. The van der Waals surface area contributed by atoms with Gasteiger partial charge in [0.05, 0.1) is 12.6 Å². The zero-order valence-electron chi connectivity index (χ0n) is 13.6. The number of aromatic nitrogens is 3. The minimum Gasteiger partial charge on any atom is -0.378 e. The molecule has 1 amide bonds. The Bertz CT molecular complexity index is 667. The third-order valence-electron chi connectivity index (χ3n) is 4.18. The van der Waals surface area contributed by atoms with E-state index in [9.17, 15) is 4.79 Å². The Hall–Kier alpha value is -1.73. The second kappa shape index (κ2) is 7.23. The topological polar surface area (TPSA) is 60.2 Å². The molecule has 0 saturated carbocycles. The SMILES string of the molecule is CCc1nccn1[C@H]1CCCN(C(=O)c2csc(COC)n2)C1. The van der Waals surface area contributed by atoms with Crippen LogP contribution >= 0.6 is 11.3 Å². The molecule has 3 heterocycles. The molecule has 3 rings (SSSR count). The lowest BCUT2D eigenvalue weighted by molar-refractivity contribution is 0.0672. The molecule has 0 spiro atoms. The number of methoxy groups -OCH3 is 1. The second-order valence-electron chi connectivity index (χ2n) is 5.71. The van der Waals surface area contributed by atoms with E-state index < -0.39 is 0 Å². The number of ether oxygens (including phenoxy) is 1. The van der Waals surface area contributed by atoms with E-state index in [4.69, 9.17) is 4.74 Å². The van der Waals surface area contributed by atoms with Crippen LogP contribution in [0.15, 0.2) is 17.8 Å². The van der Waals surface area contributed by atoms with Crippen LogP contribution in [0.2, 0.25) is 0 Å². The van der Waals surface area contributed by atoms with Crippen LogP contribution in [-0.2, 0) is 17.8 Å². The second-order valence-corrected chi connectivity index (χ2v) is 6.65. The van der Waals surface area contributed by atoms with Gasteiger partial charge in [-0.25, -0.2) is 9.97 Å². The van der Waals surface area contributed by atoms with Gasteiger partial charge in [-0.1, -0.05) is 6.92 Å². The number of likely N-dealkylation sites (tertiary alicyclic amines) is 1. The van der Waals surface area contributed by atoms with Gasteiger partial charge < -0.3 is 14.2 Å². The van der Waals surface area contributed by atoms with Crippen LogP contribution < -0.4 is 0 Å². The van der Waals surface area contributed by atoms with Gasteiger partial charge in [0.25, 0.3) is 5.91 Å². The van der Waals surface area contributed by atoms with Crippen molar-refractivity contribution in [3.05, 3.63) is 34.3 Å². The molecule has 2 aromatic rings. The molecule has 1 aliphatic heterocycles. The van der Waals surface area contributed by atoms with E-state index >= 15 is 0 Å². The zero-order valence-corrected chi connectivity index (χ0v) is 14.4. The number of aryl methyl sites for hydroxylation is 1. The first-order valence-corrected chi connectivity index (χ1v) is 8.85. The first-order valence-electron chi connectivity index (χ1n) is 7.97. The van der Waals surface area contributed by atoms with Gasteiger partial charge in [0.1, 0.15) is 16.5 Å². The highest BCUT2D eigenvalue weighted by Gasteiger charge is 2.27. The van der Waals surface area contributed by atoms with E-state index in [1.807, 2.05) is 22.7 Å². The van der Waals surface area contributed by atoms with Crippen molar-refractivity contribution in [1.29, 1.82) is 0 Å². The molecule has 1 atom stereocenters. The van der Waals surface area contributed by atoms with E-state index in [-0.39, 0.29) is 5.91 Å². The molecule has 0 N–H and O–H groups in total. The van der Waals surface area contributed by atoms with E-state index in [1.54, 1.807) is 7.11 Å². The molecule has 1 aliphatic rings. The molecule has 2 aromatic heterocycles. The van der Waals surface area contributed by atoms with Crippen molar-refractivity contribution in [2.75, 3.05) is 20.2 Å². The molecule has 0 bridgehead atoms. The summed E-state index contributed by atoms with van der Waals surface area (Å²) in [6, 6.07) is 0.308. The predicted octanol–water partition coefficient (Wildman–Crippen LogP) is 2.53. The number of imidazole rings is 1. The third-order valence-corrected chi connectivity index (χ3v) is 5.00. The summed E-state index contributed by atoms with van der Waals surface area (Å²) in [5.74, 6) is 1.10. The number of carbonyl (C=O) groups is 1. The number of thiazole rings is 1. The number of hydrogen-bond acceptors (Lipinski definition) is 5. The van der Waals surface area contributed by atoms with Gasteiger partial charge in [-0.2, -0.15) is 0 Å². The van der Waals surface area contributed by atoms with Crippen molar-refractivity contribution in [2.45, 2.75) is 38.8 Å². The molecule has 0 unspecified atom stereocenters. The van der Waals surface area contributed by atoms with E-state index in [1.165, 1.54) is 11.3 Å². The Morgan fingerprint density at radius 2 is 2.39 bits per heavy atom. The maximum Gasteiger partial charge on any atom is 0.273 e. The minimum atomic E-state index is 0.0199. The average molecular weight is 334 g/mol. The lowest BCUT2D eigenvalue weighted by Gasteiger charge is -2.33. The van der Waals surface area contributed by atoms with Gasteiger partial charge >= 0.3 is 0 Å². The number of carbonyl (C=O) groups excluding carboxylic acids is 1. The van der Waals surface area contributed by atoms with Crippen LogP contribution in [0.1, 0.15) is 47.1 Å². The quantitative estimate of drug-likeness (QED) is 0.843. The predicted molar refractivity (Wildman–Crippen MR) is 88.6 cm³/mol. The fourth-order valence-electron chi connectivity index (χ4n) is 3.08. The lowest BCUT2D eigenvalue weighted by Crippen LogP contribution is -2.41. The van der Waals surface area contributed by atoms with Gasteiger partial charge in [-0.3, -0.25) is 4.79 Å². The maximum atomic E-state index is 12.7. The van der Waals surface area contributed by atoms with Crippen molar-refractivity contribution in [3.8, 4) is 0 Å². The van der Waals surface area contributed by atoms with E-state index in [0.29, 0.717) is 18.3 Å². The monoisotopic (exact) mass is 334 g/mol. The average Bonchev–Trinajstić information content (AvgIpc) is 3.23. The van der Waals surface area contributed by atoms with Gasteiger partial charge in [-0.05, 0) is 12.8 Å². The summed E-state index contributed by atoms with van der Waals surface area (Å²) in [6.45, 7) is 4.08. The summed E-state index contributed by atoms with van der Waals surface area (Å²) < 4.78 is 7.29. The van der Waals surface area contributed by atoms with Crippen molar-refractivity contribution in [3.63, 3.8) is 0 Å². The first-order chi connectivity index (χ1) is 11.2. The van der Waals surface area contributed by atoms with Gasteiger partial charge in [0.2, 0.25) is 0 Å². The van der Waals surface area contributed by atoms with E-state index in [0.717, 1.165) is 43.2 Å². The van der Waals surface area contributed by atoms with Gasteiger partial charge in [0.15, 0.2) is 0 Å². The summed E-state index contributed by atoms with van der Waals surface area (Å²) in [6.07, 6.45) is 6.86. The zero-order chi connectivity index (χ0) is 16.2. The minimum absolute atomic E-state index is 0.0199. The third kappa shape index (κ3) is 3.45. The molecular formula is C16H22N4O2S. The van der Waals surface area contributed by atoms with Crippen molar-refractivity contribution in [2.24, 2.45) is 0 Å². The highest BCUT2D eigenvalue weighted by atomic mass is 32.1. The first kappa shape index (κ1) is 16.1. The summed E-state index contributed by atoms with van der Waals surface area (Å²) in [5, 5.41) is 2.67. The molecule has 124 valence electrons. The van der Waals surface area contributed by atoms with E-state index in [2.05, 4.69) is 21.5 Å². The maximum absolute atomic E-state index is 12.7. The van der Waals surface area contributed by atoms with Crippen LogP contribution in [0.5, 0.6) is 0 Å². The molecule has 1 fully saturated rings. The van der Waals surface area contributed by atoms with Gasteiger partial charge in [0, 0.05) is 44.4 Å². The molecule has 23 heavy (non-hydrogen) atoms. The molecule has 0 aliphatic carbocycles. The summed E-state index contributed by atoms with van der Waals surface area (Å²) in [7, 11) is 1.63.